The first-order valence-electron chi connectivity index (χ1n) is 8.42. The second-order valence-electron chi connectivity index (χ2n) is 6.85. The summed E-state index contributed by atoms with van der Waals surface area (Å²) in [4.78, 5) is 24.3. The fraction of sp³-hybridized carbons (Fsp3) is 0.556. The van der Waals surface area contributed by atoms with Crippen LogP contribution in [0.1, 0.15) is 32.3 Å². The van der Waals surface area contributed by atoms with E-state index in [2.05, 4.69) is 19.2 Å². The Labute approximate surface area is 145 Å². The number of likely N-dealkylation sites (tertiary alicyclic amines) is 1. The number of carbonyl (C=O) groups excluding carboxylic acids is 2. The number of carbonyl (C=O) groups is 2. The van der Waals surface area contributed by atoms with E-state index in [1.54, 1.807) is 6.07 Å². The molecule has 1 aromatic rings. The smallest absolute Gasteiger partial charge is 0.335 e. The molecule has 1 aliphatic rings. The highest BCUT2D eigenvalue weighted by atomic mass is 19.4. The molecule has 25 heavy (non-hydrogen) atoms. The predicted molar refractivity (Wildman–Crippen MR) is 89.0 cm³/mol. The van der Waals surface area contributed by atoms with Gasteiger partial charge in [0.25, 0.3) is 0 Å². The van der Waals surface area contributed by atoms with E-state index in [0.717, 1.165) is 16.9 Å². The zero-order valence-electron chi connectivity index (χ0n) is 14.4. The molecule has 0 spiro atoms. The standard InChI is InChI=1S/C18H23F3N2O2/c1-12(2)10-13-4-3-5-15(11-13)22-16(24)14-6-8-23(9-7-14)17(25)18(19,20)21/h3-5,11-12,14H,6-10H2,1-2H3,(H,22,24). The second-order valence-corrected chi connectivity index (χ2v) is 6.85. The van der Waals surface area contributed by atoms with Crippen LogP contribution in [0.5, 0.6) is 0 Å². The van der Waals surface area contributed by atoms with E-state index in [-0.39, 0.29) is 37.8 Å². The van der Waals surface area contributed by atoms with Crippen molar-refractivity contribution in [2.45, 2.75) is 39.3 Å². The fourth-order valence-electron chi connectivity index (χ4n) is 3.02. The molecule has 0 saturated carbocycles. The Morgan fingerprint density at radius 2 is 1.88 bits per heavy atom. The molecule has 138 valence electrons. The normalized spacial score (nSPS) is 16.2. The van der Waals surface area contributed by atoms with Gasteiger partial charge in [-0.05, 0) is 42.9 Å². The molecular weight excluding hydrogens is 333 g/mol. The van der Waals surface area contributed by atoms with Crippen molar-refractivity contribution in [3.05, 3.63) is 29.8 Å². The highest BCUT2D eigenvalue weighted by Gasteiger charge is 2.43. The lowest BCUT2D eigenvalue weighted by Crippen LogP contribution is -2.46. The molecule has 2 amide bonds. The predicted octanol–water partition coefficient (Wildman–Crippen LogP) is 3.62. The van der Waals surface area contributed by atoms with Crippen molar-refractivity contribution in [2.24, 2.45) is 11.8 Å². The molecule has 0 aromatic heterocycles. The number of hydrogen-bond acceptors (Lipinski definition) is 2. The van der Waals surface area contributed by atoms with Crippen LogP contribution >= 0.6 is 0 Å². The molecule has 2 rings (SSSR count). The Bertz CT molecular complexity index is 621. The average Bonchev–Trinajstić information content (AvgIpc) is 2.53. The summed E-state index contributed by atoms with van der Waals surface area (Å²) in [7, 11) is 0. The SMILES string of the molecule is CC(C)Cc1cccc(NC(=O)C2CCN(C(=O)C(F)(F)F)CC2)c1. The number of anilines is 1. The summed E-state index contributed by atoms with van der Waals surface area (Å²) in [5, 5.41) is 2.83. The van der Waals surface area contributed by atoms with Gasteiger partial charge in [-0.25, -0.2) is 0 Å². The highest BCUT2D eigenvalue weighted by molar-refractivity contribution is 5.93. The third-order valence-corrected chi connectivity index (χ3v) is 4.23. The average molecular weight is 356 g/mol. The Balaban J connectivity index is 1.90. The minimum Gasteiger partial charge on any atom is -0.335 e. The molecule has 1 fully saturated rings. The Morgan fingerprint density at radius 3 is 2.44 bits per heavy atom. The molecule has 0 radical (unpaired) electrons. The minimum atomic E-state index is -4.86. The molecule has 4 nitrogen and oxygen atoms in total. The van der Waals surface area contributed by atoms with E-state index >= 15 is 0 Å². The highest BCUT2D eigenvalue weighted by Crippen LogP contribution is 2.25. The lowest BCUT2D eigenvalue weighted by atomic mass is 9.95. The van der Waals surface area contributed by atoms with Crippen molar-refractivity contribution in [1.82, 2.24) is 4.90 Å². The van der Waals surface area contributed by atoms with Crippen LogP contribution < -0.4 is 5.32 Å². The molecule has 0 bridgehead atoms. The maximum Gasteiger partial charge on any atom is 0.471 e. The first-order valence-corrected chi connectivity index (χ1v) is 8.42. The number of hydrogen-bond donors (Lipinski definition) is 1. The van der Waals surface area contributed by atoms with Gasteiger partial charge in [0.1, 0.15) is 0 Å². The van der Waals surface area contributed by atoms with Gasteiger partial charge in [-0.15, -0.1) is 0 Å². The molecule has 1 saturated heterocycles. The Morgan fingerprint density at radius 1 is 1.24 bits per heavy atom. The van der Waals surface area contributed by atoms with Gasteiger partial charge in [-0.1, -0.05) is 26.0 Å². The molecule has 0 unspecified atom stereocenters. The Hall–Kier alpha value is -2.05. The molecule has 0 atom stereocenters. The number of nitrogens with zero attached hydrogens (tertiary/aromatic N) is 1. The van der Waals surface area contributed by atoms with Crippen LogP contribution in [0.25, 0.3) is 0 Å². The van der Waals surface area contributed by atoms with E-state index in [4.69, 9.17) is 0 Å². The number of alkyl halides is 3. The van der Waals surface area contributed by atoms with Gasteiger partial charge in [-0.3, -0.25) is 9.59 Å². The van der Waals surface area contributed by atoms with Crippen LogP contribution in [-0.2, 0) is 16.0 Å². The second kappa shape index (κ2) is 7.89. The maximum absolute atomic E-state index is 12.4. The van der Waals surface area contributed by atoms with Gasteiger partial charge in [-0.2, -0.15) is 13.2 Å². The quantitative estimate of drug-likeness (QED) is 0.896. The molecular formula is C18H23F3N2O2. The van der Waals surface area contributed by atoms with Crippen molar-refractivity contribution >= 4 is 17.5 Å². The monoisotopic (exact) mass is 356 g/mol. The summed E-state index contributed by atoms with van der Waals surface area (Å²) in [6.45, 7) is 4.12. The molecule has 1 aromatic carbocycles. The number of benzene rings is 1. The summed E-state index contributed by atoms with van der Waals surface area (Å²) in [6, 6.07) is 7.58. The van der Waals surface area contributed by atoms with Crippen LogP contribution in [0.4, 0.5) is 18.9 Å². The maximum atomic E-state index is 12.4. The first kappa shape index (κ1) is 19.3. The van der Waals surface area contributed by atoms with E-state index in [0.29, 0.717) is 11.6 Å². The van der Waals surface area contributed by atoms with Crippen molar-refractivity contribution in [2.75, 3.05) is 18.4 Å². The summed E-state index contributed by atoms with van der Waals surface area (Å²) in [5.41, 5.74) is 1.82. The number of nitrogens with one attached hydrogen (secondary N) is 1. The molecule has 1 N–H and O–H groups in total. The van der Waals surface area contributed by atoms with Gasteiger partial charge in [0.15, 0.2) is 0 Å². The molecule has 7 heteroatoms. The largest absolute Gasteiger partial charge is 0.471 e. The third-order valence-electron chi connectivity index (χ3n) is 4.23. The van der Waals surface area contributed by atoms with Crippen molar-refractivity contribution < 1.29 is 22.8 Å². The van der Waals surface area contributed by atoms with Crippen molar-refractivity contribution in [1.29, 1.82) is 0 Å². The summed E-state index contributed by atoms with van der Waals surface area (Å²) >= 11 is 0. The van der Waals surface area contributed by atoms with Crippen LogP contribution in [-0.4, -0.2) is 36.0 Å². The molecule has 0 aliphatic carbocycles. The summed E-state index contributed by atoms with van der Waals surface area (Å²) < 4.78 is 37.3. The third kappa shape index (κ3) is 5.47. The first-order chi connectivity index (χ1) is 11.7. The number of rotatable bonds is 4. The molecule has 1 heterocycles. The molecule has 1 aliphatic heterocycles. The minimum absolute atomic E-state index is 0.0518. The topological polar surface area (TPSA) is 49.4 Å². The van der Waals surface area contributed by atoms with E-state index in [1.165, 1.54) is 0 Å². The zero-order valence-corrected chi connectivity index (χ0v) is 14.4. The lowest BCUT2D eigenvalue weighted by molar-refractivity contribution is -0.186. The van der Waals surface area contributed by atoms with E-state index in [9.17, 15) is 22.8 Å². The Kier molecular flexibility index (Phi) is 6.08. The van der Waals surface area contributed by atoms with E-state index < -0.39 is 12.1 Å². The van der Waals surface area contributed by atoms with Crippen LogP contribution in [0.15, 0.2) is 24.3 Å². The van der Waals surface area contributed by atoms with Crippen LogP contribution in [0.2, 0.25) is 0 Å². The number of halogens is 3. The van der Waals surface area contributed by atoms with Crippen LogP contribution in [0, 0.1) is 11.8 Å². The lowest BCUT2D eigenvalue weighted by Gasteiger charge is -2.31. The van der Waals surface area contributed by atoms with Gasteiger partial charge in [0.2, 0.25) is 5.91 Å². The van der Waals surface area contributed by atoms with E-state index in [1.807, 2.05) is 18.2 Å². The number of amides is 2. The van der Waals surface area contributed by atoms with Crippen LogP contribution in [0.3, 0.4) is 0 Å². The number of piperidine rings is 1. The van der Waals surface area contributed by atoms with Gasteiger partial charge >= 0.3 is 12.1 Å². The fourth-order valence-corrected chi connectivity index (χ4v) is 3.02. The summed E-state index contributed by atoms with van der Waals surface area (Å²) in [5.74, 6) is -1.92. The van der Waals surface area contributed by atoms with Crippen molar-refractivity contribution in [3.8, 4) is 0 Å². The zero-order chi connectivity index (χ0) is 18.6. The summed E-state index contributed by atoms with van der Waals surface area (Å²) in [6.07, 6.45) is -3.48. The van der Waals surface area contributed by atoms with Gasteiger partial charge in [0.05, 0.1) is 0 Å². The van der Waals surface area contributed by atoms with Gasteiger partial charge < -0.3 is 10.2 Å². The van der Waals surface area contributed by atoms with Crippen molar-refractivity contribution in [3.63, 3.8) is 0 Å². The van der Waals surface area contributed by atoms with Gasteiger partial charge in [0, 0.05) is 24.7 Å².